The molecule has 2 aromatic rings. The topological polar surface area (TPSA) is 88.1 Å². The second kappa shape index (κ2) is 9.65. The maximum Gasteiger partial charge on any atom is 0.223 e. The van der Waals surface area contributed by atoms with Crippen molar-refractivity contribution in [2.75, 3.05) is 5.73 Å². The Bertz CT molecular complexity index is 1040. The zero-order valence-electron chi connectivity index (χ0n) is 22.3. The van der Waals surface area contributed by atoms with Gasteiger partial charge in [-0.1, -0.05) is 65.3 Å². The minimum atomic E-state index is -2.04. The van der Waals surface area contributed by atoms with Gasteiger partial charge in [0.25, 0.3) is 0 Å². The SMILES string of the molecule is C[Si](C)OC([C@@H]1C=C[C@@H](n2cnc3c(Cl)nc(N)nc32)C[C@@H]1O[Si](C)(C)C(C)(C)C)C(C)(C)C. The summed E-state index contributed by atoms with van der Waals surface area (Å²) in [5.74, 6) is 0.302. The molecular formula is C24H41ClN5O2Si2. The van der Waals surface area contributed by atoms with Crippen LogP contribution in [-0.2, 0) is 8.85 Å². The highest BCUT2D eigenvalue weighted by Crippen LogP contribution is 2.44. The minimum absolute atomic E-state index is 0.00794. The van der Waals surface area contributed by atoms with Gasteiger partial charge in [-0.2, -0.15) is 9.97 Å². The summed E-state index contributed by atoms with van der Waals surface area (Å²) >= 11 is 6.29. The van der Waals surface area contributed by atoms with Crippen LogP contribution in [0.25, 0.3) is 11.2 Å². The lowest BCUT2D eigenvalue weighted by Crippen LogP contribution is -2.51. The molecule has 189 valence electrons. The largest absolute Gasteiger partial charge is 0.413 e. The van der Waals surface area contributed by atoms with Crippen molar-refractivity contribution >= 4 is 46.1 Å². The molecule has 2 aromatic heterocycles. The first kappa shape index (κ1) is 27.3. The maximum absolute atomic E-state index is 7.10. The van der Waals surface area contributed by atoms with Crippen molar-refractivity contribution in [2.45, 2.75) is 97.4 Å². The second-order valence-electron chi connectivity index (χ2n) is 12.2. The normalized spacial score (nSPS) is 23.1. The van der Waals surface area contributed by atoms with Crippen LogP contribution in [0.2, 0.25) is 36.4 Å². The Morgan fingerprint density at radius 1 is 1.15 bits per heavy atom. The van der Waals surface area contributed by atoms with Gasteiger partial charge in [-0.05, 0) is 43.1 Å². The Kier molecular flexibility index (Phi) is 7.75. The van der Waals surface area contributed by atoms with E-state index in [0.717, 1.165) is 6.42 Å². The number of imidazole rings is 1. The summed E-state index contributed by atoms with van der Waals surface area (Å²) in [7, 11) is -2.93. The molecule has 1 unspecified atom stereocenters. The molecule has 0 aromatic carbocycles. The van der Waals surface area contributed by atoms with Crippen molar-refractivity contribution in [2.24, 2.45) is 11.3 Å². The van der Waals surface area contributed by atoms with Gasteiger partial charge >= 0.3 is 0 Å². The van der Waals surface area contributed by atoms with E-state index in [0.29, 0.717) is 11.2 Å². The quantitative estimate of drug-likeness (QED) is 0.274. The number of hydrogen-bond acceptors (Lipinski definition) is 6. The van der Waals surface area contributed by atoms with Crippen LogP contribution in [0.1, 0.15) is 54.0 Å². The van der Waals surface area contributed by atoms with Crippen molar-refractivity contribution in [3.05, 3.63) is 23.6 Å². The van der Waals surface area contributed by atoms with Crippen molar-refractivity contribution in [3.63, 3.8) is 0 Å². The van der Waals surface area contributed by atoms with Crippen LogP contribution in [0.5, 0.6) is 0 Å². The van der Waals surface area contributed by atoms with E-state index in [1.165, 1.54) is 0 Å². The van der Waals surface area contributed by atoms with Crippen molar-refractivity contribution in [1.82, 2.24) is 19.5 Å². The Morgan fingerprint density at radius 3 is 2.35 bits per heavy atom. The number of nitrogens with two attached hydrogens (primary N) is 1. The van der Waals surface area contributed by atoms with E-state index in [9.17, 15) is 0 Å². The van der Waals surface area contributed by atoms with Crippen molar-refractivity contribution in [1.29, 1.82) is 0 Å². The molecule has 0 spiro atoms. The molecular weight excluding hydrogens is 482 g/mol. The summed E-state index contributed by atoms with van der Waals surface area (Å²) in [5, 5.41) is 0.378. The molecule has 0 aliphatic heterocycles. The lowest BCUT2D eigenvalue weighted by atomic mass is 9.75. The first-order valence-corrected chi connectivity index (χ1v) is 17.7. The molecule has 0 saturated carbocycles. The minimum Gasteiger partial charge on any atom is -0.413 e. The first-order chi connectivity index (χ1) is 15.5. The van der Waals surface area contributed by atoms with Crippen molar-refractivity contribution in [3.8, 4) is 0 Å². The predicted octanol–water partition coefficient (Wildman–Crippen LogP) is 6.25. The van der Waals surface area contributed by atoms with Gasteiger partial charge < -0.3 is 19.2 Å². The second-order valence-corrected chi connectivity index (χ2v) is 19.4. The van der Waals surface area contributed by atoms with Gasteiger partial charge in [-0.15, -0.1) is 0 Å². The van der Waals surface area contributed by atoms with E-state index in [1.807, 2.05) is 4.57 Å². The Morgan fingerprint density at radius 2 is 1.79 bits per heavy atom. The van der Waals surface area contributed by atoms with Crippen LogP contribution in [-0.4, -0.2) is 49.1 Å². The number of halogens is 1. The number of hydrogen-bond donors (Lipinski definition) is 1. The molecule has 0 saturated heterocycles. The summed E-state index contributed by atoms with van der Waals surface area (Å²) in [4.78, 5) is 13.0. The molecule has 1 aliphatic rings. The molecule has 2 N–H and O–H groups in total. The molecule has 34 heavy (non-hydrogen) atoms. The highest BCUT2D eigenvalue weighted by molar-refractivity contribution is 6.74. The summed E-state index contributed by atoms with van der Waals surface area (Å²) < 4.78 is 15.8. The number of nitrogens with zero attached hydrogens (tertiary/aromatic N) is 4. The van der Waals surface area contributed by atoms with Gasteiger partial charge in [0.2, 0.25) is 15.0 Å². The summed E-state index contributed by atoms with van der Waals surface area (Å²) in [6.07, 6.45) is 7.18. The number of fused-ring (bicyclic) bond motifs is 1. The average Bonchev–Trinajstić information content (AvgIpc) is 3.08. The van der Waals surface area contributed by atoms with Crippen LogP contribution in [0.15, 0.2) is 18.5 Å². The lowest BCUT2D eigenvalue weighted by molar-refractivity contribution is -0.0129. The Labute approximate surface area is 212 Å². The highest BCUT2D eigenvalue weighted by atomic mass is 35.5. The van der Waals surface area contributed by atoms with Crippen LogP contribution in [0.4, 0.5) is 5.95 Å². The van der Waals surface area contributed by atoms with Gasteiger partial charge in [-0.3, -0.25) is 0 Å². The third kappa shape index (κ3) is 5.75. The van der Waals surface area contributed by atoms with E-state index < -0.39 is 17.4 Å². The van der Waals surface area contributed by atoms with E-state index in [4.69, 9.17) is 26.2 Å². The zero-order chi connectivity index (χ0) is 25.6. The molecule has 0 fully saturated rings. The highest BCUT2D eigenvalue weighted by Gasteiger charge is 2.45. The van der Waals surface area contributed by atoms with Crippen LogP contribution in [0, 0.1) is 11.3 Å². The predicted molar refractivity (Wildman–Crippen MR) is 145 cm³/mol. The molecule has 7 nitrogen and oxygen atoms in total. The van der Waals surface area contributed by atoms with Crippen LogP contribution in [0.3, 0.4) is 0 Å². The fraction of sp³-hybridized carbons (Fsp3) is 0.708. The number of anilines is 1. The number of rotatable bonds is 6. The molecule has 1 radical (unpaired) electrons. The van der Waals surface area contributed by atoms with Gasteiger partial charge in [0.1, 0.15) is 5.52 Å². The molecule has 3 rings (SSSR count). The Hall–Kier alpha value is -1.27. The fourth-order valence-electron chi connectivity index (χ4n) is 4.27. The van der Waals surface area contributed by atoms with E-state index >= 15 is 0 Å². The van der Waals surface area contributed by atoms with E-state index in [-0.39, 0.29) is 45.7 Å². The summed E-state index contributed by atoms with van der Waals surface area (Å²) in [6.45, 7) is 22.7. The molecule has 1 aliphatic carbocycles. The summed E-state index contributed by atoms with van der Waals surface area (Å²) in [6, 6.07) is 0.0232. The third-order valence-electron chi connectivity index (χ3n) is 7.03. The van der Waals surface area contributed by atoms with Crippen LogP contribution < -0.4 is 5.73 Å². The van der Waals surface area contributed by atoms with Crippen molar-refractivity contribution < 1.29 is 8.85 Å². The average molecular weight is 523 g/mol. The lowest BCUT2D eigenvalue weighted by Gasteiger charge is -2.47. The number of aromatic nitrogens is 4. The monoisotopic (exact) mass is 522 g/mol. The van der Waals surface area contributed by atoms with Gasteiger partial charge in [0.15, 0.2) is 19.1 Å². The molecule has 0 amide bonds. The fourth-order valence-corrected chi connectivity index (χ4v) is 6.87. The van der Waals surface area contributed by atoms with E-state index in [2.05, 4.69) is 94.8 Å². The molecule has 2 heterocycles. The third-order valence-corrected chi connectivity index (χ3v) is 12.5. The molecule has 4 atom stereocenters. The van der Waals surface area contributed by atoms with Gasteiger partial charge in [0.05, 0.1) is 24.6 Å². The standard InChI is InChI=1S/C24H41ClN5O2Si2/c1-23(2,3)19(31-33(7)8)16-12-11-15(13-17(16)32-34(9,10)24(4,5)6)30-14-27-18-20(25)28-22(26)29-21(18)30/h11-12,14-17,19H,13H2,1-10H3,(H2,26,28,29)/t15-,16-,17+,19?/m1/s1. The van der Waals surface area contributed by atoms with E-state index in [1.54, 1.807) is 6.33 Å². The van der Waals surface area contributed by atoms with Crippen LogP contribution >= 0.6 is 11.6 Å². The smallest absolute Gasteiger partial charge is 0.223 e. The number of allylic oxidation sites excluding steroid dienone is 1. The zero-order valence-corrected chi connectivity index (χ0v) is 25.1. The van der Waals surface area contributed by atoms with Gasteiger partial charge in [0, 0.05) is 5.92 Å². The maximum atomic E-state index is 7.10. The first-order valence-electron chi connectivity index (χ1n) is 12.0. The summed E-state index contributed by atoms with van der Waals surface area (Å²) in [5.41, 5.74) is 7.09. The molecule has 10 heteroatoms. The molecule has 0 bridgehead atoms. The number of nitrogen functional groups attached to an aromatic ring is 1. The Balaban J connectivity index is 2.06. The van der Waals surface area contributed by atoms with Gasteiger partial charge in [-0.25, -0.2) is 4.98 Å².